The lowest BCUT2D eigenvalue weighted by atomic mass is 10.2. The van der Waals surface area contributed by atoms with Crippen LogP contribution in [0.1, 0.15) is 26.4 Å². The van der Waals surface area contributed by atoms with Crippen molar-refractivity contribution in [3.05, 3.63) is 46.2 Å². The summed E-state index contributed by atoms with van der Waals surface area (Å²) in [6.45, 7) is 0. The second-order valence-electron chi connectivity index (χ2n) is 4.45. The zero-order valence-corrected chi connectivity index (χ0v) is 11.8. The van der Waals surface area contributed by atoms with Crippen LogP contribution in [0.2, 0.25) is 5.02 Å². The second-order valence-corrected chi connectivity index (χ2v) is 4.85. The number of carbonyl (C=O) groups is 2. The number of anilines is 1. The first-order chi connectivity index (χ1) is 10.5. The van der Waals surface area contributed by atoms with Crippen molar-refractivity contribution in [2.24, 2.45) is 0 Å². The van der Waals surface area contributed by atoms with Crippen LogP contribution in [-0.4, -0.2) is 26.7 Å². The first-order valence-corrected chi connectivity index (χ1v) is 6.26. The fraction of sp³-hybridized carbons (Fsp3) is 0.0769. The number of halogens is 4. The van der Waals surface area contributed by atoms with Gasteiger partial charge < -0.3 is 20.5 Å². The largest absolute Gasteiger partial charge is 0.478 e. The van der Waals surface area contributed by atoms with E-state index >= 15 is 0 Å². The molecular formula is C13H8ClF3N2O4. The zero-order chi connectivity index (χ0) is 17.5. The summed E-state index contributed by atoms with van der Waals surface area (Å²) in [6, 6.07) is 2.51. The van der Waals surface area contributed by atoms with E-state index in [1.807, 2.05) is 0 Å². The Labute approximate surface area is 131 Å². The fourth-order valence-corrected chi connectivity index (χ4v) is 2.28. The number of carboxylic acids is 2. The lowest BCUT2D eigenvalue weighted by molar-refractivity contribution is -0.137. The summed E-state index contributed by atoms with van der Waals surface area (Å²) in [5.41, 5.74) is 2.73. The van der Waals surface area contributed by atoms with Crippen LogP contribution in [0, 0.1) is 0 Å². The Morgan fingerprint density at radius 3 is 2.22 bits per heavy atom. The third kappa shape index (κ3) is 2.95. The molecule has 0 amide bonds. The predicted molar refractivity (Wildman–Crippen MR) is 74.1 cm³/mol. The monoisotopic (exact) mass is 348 g/mol. The molecule has 0 atom stereocenters. The number of hydrogen-bond acceptors (Lipinski definition) is 3. The predicted octanol–water partition coefficient (Wildman–Crippen LogP) is 3.13. The van der Waals surface area contributed by atoms with Gasteiger partial charge in [0.15, 0.2) is 5.69 Å². The minimum atomic E-state index is -4.67. The van der Waals surface area contributed by atoms with Crippen molar-refractivity contribution in [3.63, 3.8) is 0 Å². The van der Waals surface area contributed by atoms with Gasteiger partial charge in [-0.05, 0) is 18.2 Å². The van der Waals surface area contributed by atoms with Gasteiger partial charge in [0.05, 0.1) is 16.3 Å². The second kappa shape index (κ2) is 5.51. The maximum atomic E-state index is 12.7. The van der Waals surface area contributed by atoms with Crippen LogP contribution in [0.5, 0.6) is 0 Å². The van der Waals surface area contributed by atoms with Gasteiger partial charge in [0.25, 0.3) is 0 Å². The molecule has 0 aliphatic carbocycles. The summed E-state index contributed by atoms with van der Waals surface area (Å²) < 4.78 is 38.9. The van der Waals surface area contributed by atoms with E-state index in [-0.39, 0.29) is 5.69 Å². The van der Waals surface area contributed by atoms with Crippen LogP contribution in [0.25, 0.3) is 5.69 Å². The summed E-state index contributed by atoms with van der Waals surface area (Å²) in [5, 5.41) is 17.5. The van der Waals surface area contributed by atoms with Gasteiger partial charge in [-0.3, -0.25) is 0 Å². The van der Waals surface area contributed by atoms with Crippen LogP contribution in [0.3, 0.4) is 0 Å². The number of alkyl halides is 3. The normalized spacial score (nSPS) is 11.5. The minimum Gasteiger partial charge on any atom is -0.478 e. The number of nitrogens with zero attached hydrogens (tertiary/aromatic N) is 1. The quantitative estimate of drug-likeness (QED) is 0.790. The molecule has 0 spiro atoms. The zero-order valence-electron chi connectivity index (χ0n) is 11.1. The van der Waals surface area contributed by atoms with Gasteiger partial charge >= 0.3 is 18.1 Å². The Kier molecular flexibility index (Phi) is 3.99. The van der Waals surface area contributed by atoms with Gasteiger partial charge in [-0.25, -0.2) is 9.59 Å². The Balaban J connectivity index is 2.68. The third-order valence-electron chi connectivity index (χ3n) is 3.01. The number of hydrogen-bond donors (Lipinski definition) is 3. The third-order valence-corrected chi connectivity index (χ3v) is 3.33. The van der Waals surface area contributed by atoms with Gasteiger partial charge in [-0.2, -0.15) is 13.2 Å². The van der Waals surface area contributed by atoms with Gasteiger partial charge in [-0.15, -0.1) is 0 Å². The Bertz CT molecular complexity index is 814. The maximum absolute atomic E-state index is 12.7. The van der Waals surface area contributed by atoms with E-state index in [0.29, 0.717) is 6.07 Å². The van der Waals surface area contributed by atoms with Crippen LogP contribution < -0.4 is 5.73 Å². The number of nitrogen functional groups attached to an aromatic ring is 1. The molecule has 0 aliphatic heterocycles. The number of nitrogens with two attached hydrogens (primary N) is 1. The standard InChI is InChI=1S/C13H8ClF3N2O4/c14-8-3-5(1-2-7(8)13(15,16)17)19-4-6(11(20)21)9(18)10(19)12(22)23/h1-4H,18H2,(H,20,21)(H,22,23). The summed E-state index contributed by atoms with van der Waals surface area (Å²) in [4.78, 5) is 22.3. The van der Waals surface area contributed by atoms with E-state index < -0.39 is 45.6 Å². The molecule has 1 aromatic heterocycles. The van der Waals surface area contributed by atoms with Crippen molar-refractivity contribution in [3.8, 4) is 5.69 Å². The van der Waals surface area contributed by atoms with Crippen LogP contribution in [0.15, 0.2) is 24.4 Å². The highest BCUT2D eigenvalue weighted by Gasteiger charge is 2.33. The highest BCUT2D eigenvalue weighted by molar-refractivity contribution is 6.31. The molecule has 0 unspecified atom stereocenters. The van der Waals surface area contributed by atoms with Crippen LogP contribution in [-0.2, 0) is 6.18 Å². The Morgan fingerprint density at radius 2 is 1.78 bits per heavy atom. The molecular weight excluding hydrogens is 341 g/mol. The highest BCUT2D eigenvalue weighted by atomic mass is 35.5. The van der Waals surface area contributed by atoms with E-state index in [2.05, 4.69) is 0 Å². The molecule has 0 saturated heterocycles. The van der Waals surface area contributed by atoms with Crippen LogP contribution >= 0.6 is 11.6 Å². The molecule has 10 heteroatoms. The van der Waals surface area contributed by atoms with E-state index in [4.69, 9.17) is 27.5 Å². The lowest BCUT2D eigenvalue weighted by Crippen LogP contribution is -2.10. The molecule has 23 heavy (non-hydrogen) atoms. The summed E-state index contributed by atoms with van der Waals surface area (Å²) >= 11 is 5.58. The SMILES string of the molecule is Nc1c(C(=O)O)cn(-c2ccc(C(F)(F)F)c(Cl)c2)c1C(=O)O. The summed E-state index contributed by atoms with van der Waals surface area (Å²) in [6.07, 6.45) is -3.77. The Hall–Kier alpha value is -2.68. The molecule has 0 radical (unpaired) electrons. The molecule has 4 N–H and O–H groups in total. The average molecular weight is 349 g/mol. The molecule has 1 heterocycles. The van der Waals surface area contributed by atoms with Crippen molar-refractivity contribution in [2.45, 2.75) is 6.18 Å². The molecule has 2 aromatic rings. The number of rotatable bonds is 3. The minimum absolute atomic E-state index is 0.0698. The molecule has 2 rings (SSSR count). The molecule has 0 saturated carbocycles. The first kappa shape index (κ1) is 16.7. The molecule has 6 nitrogen and oxygen atoms in total. The molecule has 0 bridgehead atoms. The van der Waals surface area contributed by atoms with Crippen molar-refractivity contribution < 1.29 is 33.0 Å². The number of aromatic nitrogens is 1. The smallest absolute Gasteiger partial charge is 0.417 e. The van der Waals surface area contributed by atoms with Crippen LogP contribution in [0.4, 0.5) is 18.9 Å². The molecule has 1 aromatic carbocycles. The molecule has 122 valence electrons. The van der Waals surface area contributed by atoms with Gasteiger partial charge in [-0.1, -0.05) is 11.6 Å². The van der Waals surface area contributed by atoms with E-state index in [9.17, 15) is 22.8 Å². The van der Waals surface area contributed by atoms with E-state index in [0.717, 1.165) is 22.9 Å². The van der Waals surface area contributed by atoms with Crippen molar-refractivity contribution >= 4 is 29.2 Å². The lowest BCUT2D eigenvalue weighted by Gasteiger charge is -2.12. The first-order valence-electron chi connectivity index (χ1n) is 5.88. The summed E-state index contributed by atoms with van der Waals surface area (Å²) in [5.74, 6) is -3.01. The van der Waals surface area contributed by atoms with E-state index in [1.54, 1.807) is 0 Å². The molecule has 0 aliphatic rings. The van der Waals surface area contributed by atoms with Crippen molar-refractivity contribution in [1.82, 2.24) is 4.57 Å². The fourth-order valence-electron chi connectivity index (χ4n) is 2.00. The highest BCUT2D eigenvalue weighted by Crippen LogP contribution is 2.36. The van der Waals surface area contributed by atoms with Crippen molar-refractivity contribution in [2.75, 3.05) is 5.73 Å². The van der Waals surface area contributed by atoms with Gasteiger partial charge in [0.2, 0.25) is 0 Å². The number of aromatic carboxylic acids is 2. The van der Waals surface area contributed by atoms with E-state index in [1.165, 1.54) is 0 Å². The number of carboxylic acid groups (broad SMARTS) is 2. The summed E-state index contributed by atoms with van der Waals surface area (Å²) in [7, 11) is 0. The maximum Gasteiger partial charge on any atom is 0.417 e. The van der Waals surface area contributed by atoms with Gasteiger partial charge in [0, 0.05) is 11.9 Å². The average Bonchev–Trinajstić information content (AvgIpc) is 2.74. The topological polar surface area (TPSA) is 106 Å². The molecule has 0 fully saturated rings. The van der Waals surface area contributed by atoms with Gasteiger partial charge in [0.1, 0.15) is 5.56 Å². The number of benzene rings is 1. The van der Waals surface area contributed by atoms with Crippen molar-refractivity contribution in [1.29, 1.82) is 0 Å². The Morgan fingerprint density at radius 1 is 1.17 bits per heavy atom.